The predicted octanol–water partition coefficient (Wildman–Crippen LogP) is 3.30. The van der Waals surface area contributed by atoms with Crippen LogP contribution in [0.25, 0.3) is 6.08 Å². The van der Waals surface area contributed by atoms with Gasteiger partial charge in [-0.1, -0.05) is 30.3 Å². The SMILES string of the molecule is Cc1cc(/C=C(/C#N)C(=O)NCCCc2ccccc2)c(C)n1C. The Morgan fingerprint density at radius 3 is 2.58 bits per heavy atom. The third-order valence-electron chi connectivity index (χ3n) is 4.25. The van der Waals surface area contributed by atoms with Gasteiger partial charge in [-0.25, -0.2) is 0 Å². The Bertz CT molecular complexity index is 779. The van der Waals surface area contributed by atoms with Gasteiger partial charge in [-0.15, -0.1) is 0 Å². The molecule has 4 nitrogen and oxygen atoms in total. The van der Waals surface area contributed by atoms with E-state index in [1.807, 2.05) is 55.8 Å². The van der Waals surface area contributed by atoms with Crippen molar-refractivity contribution in [3.63, 3.8) is 0 Å². The highest BCUT2D eigenvalue weighted by atomic mass is 16.1. The van der Waals surface area contributed by atoms with Gasteiger partial charge in [0.15, 0.2) is 0 Å². The first-order chi connectivity index (χ1) is 11.5. The summed E-state index contributed by atoms with van der Waals surface area (Å²) in [5.41, 5.74) is 4.43. The molecule has 0 spiro atoms. The summed E-state index contributed by atoms with van der Waals surface area (Å²) in [6.45, 7) is 4.53. The third kappa shape index (κ3) is 4.36. The van der Waals surface area contributed by atoms with Gasteiger partial charge in [0.2, 0.25) is 0 Å². The molecule has 0 fully saturated rings. The Morgan fingerprint density at radius 2 is 2.00 bits per heavy atom. The van der Waals surface area contributed by atoms with Crippen molar-refractivity contribution in [2.75, 3.05) is 6.54 Å². The van der Waals surface area contributed by atoms with Crippen LogP contribution in [0.3, 0.4) is 0 Å². The lowest BCUT2D eigenvalue weighted by molar-refractivity contribution is -0.117. The van der Waals surface area contributed by atoms with E-state index in [1.165, 1.54) is 5.56 Å². The molecule has 0 saturated heterocycles. The van der Waals surface area contributed by atoms with Crippen LogP contribution in [0.5, 0.6) is 0 Å². The summed E-state index contributed by atoms with van der Waals surface area (Å²) < 4.78 is 2.04. The zero-order valence-corrected chi connectivity index (χ0v) is 14.5. The van der Waals surface area contributed by atoms with Gasteiger partial charge < -0.3 is 9.88 Å². The van der Waals surface area contributed by atoms with Gasteiger partial charge in [-0.2, -0.15) is 5.26 Å². The van der Waals surface area contributed by atoms with Crippen LogP contribution in [0.15, 0.2) is 42.0 Å². The molecule has 24 heavy (non-hydrogen) atoms. The second-order valence-electron chi connectivity index (χ2n) is 5.90. The normalized spacial score (nSPS) is 11.2. The summed E-state index contributed by atoms with van der Waals surface area (Å²) in [6, 6.07) is 14.1. The van der Waals surface area contributed by atoms with Gasteiger partial charge in [0, 0.05) is 25.0 Å². The fourth-order valence-corrected chi connectivity index (χ4v) is 2.57. The first kappa shape index (κ1) is 17.6. The largest absolute Gasteiger partial charge is 0.352 e. The van der Waals surface area contributed by atoms with Gasteiger partial charge in [-0.05, 0) is 50.0 Å². The maximum Gasteiger partial charge on any atom is 0.261 e. The molecule has 1 aromatic carbocycles. The number of nitriles is 1. The van der Waals surface area contributed by atoms with E-state index in [0.29, 0.717) is 6.54 Å². The van der Waals surface area contributed by atoms with Gasteiger partial charge >= 0.3 is 0 Å². The number of carbonyl (C=O) groups excluding carboxylic acids is 1. The highest BCUT2D eigenvalue weighted by Gasteiger charge is 2.11. The number of amides is 1. The smallest absolute Gasteiger partial charge is 0.261 e. The van der Waals surface area contributed by atoms with Crippen molar-refractivity contribution >= 4 is 12.0 Å². The molecule has 1 heterocycles. The van der Waals surface area contributed by atoms with Gasteiger partial charge in [0.05, 0.1) is 0 Å². The van der Waals surface area contributed by atoms with Crippen LogP contribution in [-0.2, 0) is 18.3 Å². The molecule has 0 aliphatic rings. The van der Waals surface area contributed by atoms with Crippen molar-refractivity contribution in [1.82, 2.24) is 9.88 Å². The molecule has 0 saturated carbocycles. The molecule has 4 heteroatoms. The van der Waals surface area contributed by atoms with Gasteiger partial charge in [0.25, 0.3) is 5.91 Å². The van der Waals surface area contributed by atoms with Crippen LogP contribution < -0.4 is 5.32 Å². The second kappa shape index (κ2) is 8.16. The number of nitrogens with zero attached hydrogens (tertiary/aromatic N) is 2. The van der Waals surface area contributed by atoms with Crippen LogP contribution in [0.4, 0.5) is 0 Å². The van der Waals surface area contributed by atoms with Crippen molar-refractivity contribution in [2.24, 2.45) is 7.05 Å². The standard InChI is InChI=1S/C20H23N3O/c1-15-12-18(16(2)23(15)3)13-19(14-21)20(24)22-11-7-10-17-8-5-4-6-9-17/h4-6,8-9,12-13H,7,10-11H2,1-3H3,(H,22,24)/b19-13-. The molecular weight excluding hydrogens is 298 g/mol. The summed E-state index contributed by atoms with van der Waals surface area (Å²) in [5.74, 6) is -0.313. The van der Waals surface area contributed by atoms with Crippen molar-refractivity contribution < 1.29 is 4.79 Å². The lowest BCUT2D eigenvalue weighted by Gasteiger charge is -2.05. The maximum absolute atomic E-state index is 12.2. The minimum Gasteiger partial charge on any atom is -0.352 e. The van der Waals surface area contributed by atoms with E-state index in [9.17, 15) is 10.1 Å². The molecule has 0 unspecified atom stereocenters. The molecule has 2 aromatic rings. The lowest BCUT2D eigenvalue weighted by Crippen LogP contribution is -2.25. The van der Waals surface area contributed by atoms with E-state index < -0.39 is 0 Å². The number of nitrogens with one attached hydrogen (secondary N) is 1. The molecule has 0 radical (unpaired) electrons. The third-order valence-corrected chi connectivity index (χ3v) is 4.25. The van der Waals surface area contributed by atoms with E-state index >= 15 is 0 Å². The molecule has 0 atom stereocenters. The Balaban J connectivity index is 1.93. The average molecular weight is 321 g/mol. The van der Waals surface area contributed by atoms with Crippen molar-refractivity contribution in [1.29, 1.82) is 5.26 Å². The maximum atomic E-state index is 12.2. The Hall–Kier alpha value is -2.80. The number of benzene rings is 1. The minimum absolute atomic E-state index is 0.142. The lowest BCUT2D eigenvalue weighted by atomic mass is 10.1. The summed E-state index contributed by atoms with van der Waals surface area (Å²) in [6.07, 6.45) is 3.41. The molecule has 124 valence electrons. The zero-order chi connectivity index (χ0) is 17.5. The summed E-state index contributed by atoms with van der Waals surface area (Å²) >= 11 is 0. The molecule has 0 aliphatic carbocycles. The average Bonchev–Trinajstić information content (AvgIpc) is 2.84. The Morgan fingerprint density at radius 1 is 1.29 bits per heavy atom. The summed E-state index contributed by atoms with van der Waals surface area (Å²) in [5, 5.41) is 12.1. The van der Waals surface area contributed by atoms with E-state index in [2.05, 4.69) is 17.4 Å². The fourth-order valence-electron chi connectivity index (χ4n) is 2.57. The molecule has 0 bridgehead atoms. The van der Waals surface area contributed by atoms with E-state index in [-0.39, 0.29) is 11.5 Å². The molecule has 0 aliphatic heterocycles. The summed E-state index contributed by atoms with van der Waals surface area (Å²) in [4.78, 5) is 12.2. The molecule has 1 amide bonds. The quantitative estimate of drug-likeness (QED) is 0.504. The molecule has 1 N–H and O–H groups in total. The van der Waals surface area contributed by atoms with Crippen LogP contribution in [0, 0.1) is 25.2 Å². The molecular formula is C20H23N3O. The van der Waals surface area contributed by atoms with Crippen molar-refractivity contribution in [3.8, 4) is 6.07 Å². The number of rotatable bonds is 6. The number of carbonyl (C=O) groups is 1. The molecule has 1 aromatic heterocycles. The van der Waals surface area contributed by atoms with Gasteiger partial charge in [-0.3, -0.25) is 4.79 Å². The van der Waals surface area contributed by atoms with Crippen LogP contribution in [0.2, 0.25) is 0 Å². The monoisotopic (exact) mass is 321 g/mol. The first-order valence-corrected chi connectivity index (χ1v) is 8.09. The number of hydrogen-bond acceptors (Lipinski definition) is 2. The van der Waals surface area contributed by atoms with Crippen LogP contribution >= 0.6 is 0 Å². The first-order valence-electron chi connectivity index (χ1n) is 8.09. The highest BCUT2D eigenvalue weighted by molar-refractivity contribution is 6.01. The number of aromatic nitrogens is 1. The van der Waals surface area contributed by atoms with E-state index in [4.69, 9.17) is 0 Å². The topological polar surface area (TPSA) is 57.8 Å². The van der Waals surface area contributed by atoms with Crippen LogP contribution in [-0.4, -0.2) is 17.0 Å². The zero-order valence-electron chi connectivity index (χ0n) is 14.5. The van der Waals surface area contributed by atoms with Crippen LogP contribution in [0.1, 0.15) is 28.9 Å². The predicted molar refractivity (Wildman–Crippen MR) is 96.2 cm³/mol. The summed E-state index contributed by atoms with van der Waals surface area (Å²) in [7, 11) is 1.97. The second-order valence-corrected chi connectivity index (χ2v) is 5.90. The highest BCUT2D eigenvalue weighted by Crippen LogP contribution is 2.16. The Kier molecular flexibility index (Phi) is 5.97. The van der Waals surface area contributed by atoms with Crippen molar-refractivity contribution in [3.05, 3.63) is 64.5 Å². The Labute approximate surface area is 143 Å². The fraction of sp³-hybridized carbons (Fsp3) is 0.300. The molecule has 2 rings (SSSR count). The number of hydrogen-bond donors (Lipinski definition) is 1. The number of aryl methyl sites for hydroxylation is 2. The van der Waals surface area contributed by atoms with Gasteiger partial charge in [0.1, 0.15) is 11.6 Å². The van der Waals surface area contributed by atoms with Crippen molar-refractivity contribution in [2.45, 2.75) is 26.7 Å². The van der Waals surface area contributed by atoms with E-state index in [0.717, 1.165) is 29.8 Å². The minimum atomic E-state index is -0.313. The van der Waals surface area contributed by atoms with E-state index in [1.54, 1.807) is 6.08 Å².